The van der Waals surface area contributed by atoms with Gasteiger partial charge < -0.3 is 10.2 Å². The van der Waals surface area contributed by atoms with E-state index >= 15 is 0 Å². The van der Waals surface area contributed by atoms with Crippen LogP contribution >= 0.6 is 15.9 Å². The first-order valence-corrected chi connectivity index (χ1v) is 17.9. The zero-order chi connectivity index (χ0) is 32.7. The first kappa shape index (κ1) is 33.4. The lowest BCUT2D eigenvalue weighted by Gasteiger charge is -2.34. The van der Waals surface area contributed by atoms with Crippen LogP contribution in [0.25, 0.3) is 0 Å². The molecule has 0 heterocycles. The van der Waals surface area contributed by atoms with E-state index < -0.39 is 28.5 Å². The quantitative estimate of drug-likeness (QED) is 0.173. The molecule has 0 bridgehead atoms. The molecule has 0 unspecified atom stereocenters. The molecule has 4 aromatic carbocycles. The largest absolute Gasteiger partial charge is 0.352 e. The number of rotatable bonds is 12. The second kappa shape index (κ2) is 15.1. The van der Waals surface area contributed by atoms with Crippen LogP contribution in [0.5, 0.6) is 0 Å². The van der Waals surface area contributed by atoms with Crippen LogP contribution in [0.15, 0.2) is 112 Å². The van der Waals surface area contributed by atoms with Crippen LogP contribution in [0.3, 0.4) is 0 Å². The minimum Gasteiger partial charge on any atom is -0.352 e. The maximum absolute atomic E-state index is 14.7. The van der Waals surface area contributed by atoms with Gasteiger partial charge in [0.2, 0.25) is 11.8 Å². The summed E-state index contributed by atoms with van der Waals surface area (Å²) in [6.45, 7) is 3.36. The summed E-state index contributed by atoms with van der Waals surface area (Å²) in [6.07, 6.45) is 4.20. The number of benzene rings is 4. The number of carbonyl (C=O) groups is 2. The van der Waals surface area contributed by atoms with Gasteiger partial charge in [-0.25, -0.2) is 8.42 Å². The van der Waals surface area contributed by atoms with Crippen molar-refractivity contribution in [3.05, 3.63) is 130 Å². The number of halogens is 1. The molecule has 1 atom stereocenters. The van der Waals surface area contributed by atoms with Crippen LogP contribution in [-0.2, 0) is 32.6 Å². The third-order valence-corrected chi connectivity index (χ3v) is 10.8. The van der Waals surface area contributed by atoms with Crippen molar-refractivity contribution in [3.8, 4) is 0 Å². The van der Waals surface area contributed by atoms with Crippen LogP contribution in [0, 0.1) is 13.8 Å². The summed E-state index contributed by atoms with van der Waals surface area (Å²) in [5.74, 6) is -0.704. The molecule has 1 N–H and O–H groups in total. The molecule has 0 saturated heterocycles. The summed E-state index contributed by atoms with van der Waals surface area (Å²) in [5, 5.41) is 3.21. The molecule has 0 spiro atoms. The Morgan fingerprint density at radius 2 is 1.50 bits per heavy atom. The number of amides is 2. The van der Waals surface area contributed by atoms with Gasteiger partial charge in [-0.15, -0.1) is 0 Å². The van der Waals surface area contributed by atoms with Gasteiger partial charge in [0.15, 0.2) is 0 Å². The standard InChI is InChI=1S/C37H40BrN3O4S/c1-27-19-21-33(22-20-27)46(44,45)41(34-18-9-6-11-28(34)2)26-36(42)40(25-30-14-10-15-31(38)23-30)35(24-29-12-4-3-5-13-29)37(43)39-32-16-7-8-17-32/h3-6,9-15,18-23,32,35H,7-8,16-17,24-26H2,1-2H3,(H,39,43)/t35-/m0/s1. The molecule has 0 aromatic heterocycles. The van der Waals surface area contributed by atoms with Crippen molar-refractivity contribution in [1.82, 2.24) is 10.2 Å². The molecule has 1 fully saturated rings. The minimum absolute atomic E-state index is 0.0546. The second-order valence-corrected chi connectivity index (χ2v) is 14.7. The number of carbonyl (C=O) groups excluding carboxylic acids is 2. The Morgan fingerprint density at radius 1 is 0.848 bits per heavy atom. The molecule has 7 nitrogen and oxygen atoms in total. The minimum atomic E-state index is -4.15. The number of sulfonamides is 1. The molecule has 0 aliphatic heterocycles. The molecule has 1 aliphatic carbocycles. The first-order chi connectivity index (χ1) is 22.1. The Hall–Kier alpha value is -3.95. The monoisotopic (exact) mass is 701 g/mol. The predicted molar refractivity (Wildman–Crippen MR) is 186 cm³/mol. The average Bonchev–Trinajstić information content (AvgIpc) is 3.55. The summed E-state index contributed by atoms with van der Waals surface area (Å²) in [5.41, 5.74) is 3.77. The third-order valence-electron chi connectivity index (χ3n) is 8.49. The van der Waals surface area contributed by atoms with Crippen LogP contribution in [-0.4, -0.2) is 43.8 Å². The molecule has 4 aromatic rings. The van der Waals surface area contributed by atoms with Gasteiger partial charge in [-0.05, 0) is 73.7 Å². The highest BCUT2D eigenvalue weighted by molar-refractivity contribution is 9.10. The number of para-hydroxylation sites is 1. The molecule has 1 aliphatic rings. The molecule has 9 heteroatoms. The smallest absolute Gasteiger partial charge is 0.264 e. The van der Waals surface area contributed by atoms with Crippen molar-refractivity contribution in [2.45, 2.75) is 69.5 Å². The predicted octanol–water partition coefficient (Wildman–Crippen LogP) is 6.96. The van der Waals surface area contributed by atoms with Gasteiger partial charge in [-0.1, -0.05) is 107 Å². The van der Waals surface area contributed by atoms with Gasteiger partial charge in [0.05, 0.1) is 10.6 Å². The van der Waals surface area contributed by atoms with E-state index in [2.05, 4.69) is 21.2 Å². The summed E-state index contributed by atoms with van der Waals surface area (Å²) in [6, 6.07) is 30.2. The lowest BCUT2D eigenvalue weighted by Crippen LogP contribution is -2.54. The normalized spacial score (nSPS) is 14.1. The maximum atomic E-state index is 14.7. The Labute approximate surface area is 280 Å². The molecule has 1 saturated carbocycles. The maximum Gasteiger partial charge on any atom is 0.264 e. The molecule has 46 heavy (non-hydrogen) atoms. The van der Waals surface area contributed by atoms with Crippen molar-refractivity contribution in [2.24, 2.45) is 0 Å². The molecule has 2 amide bonds. The van der Waals surface area contributed by atoms with E-state index in [4.69, 9.17) is 0 Å². The highest BCUT2D eigenvalue weighted by Crippen LogP contribution is 2.28. The molecular weight excluding hydrogens is 662 g/mol. The van der Waals surface area contributed by atoms with Gasteiger partial charge in [0.25, 0.3) is 10.0 Å². The Kier molecular flexibility index (Phi) is 11.0. The molecular formula is C37H40BrN3O4S. The average molecular weight is 703 g/mol. The topological polar surface area (TPSA) is 86.8 Å². The van der Waals surface area contributed by atoms with Crippen LogP contribution in [0.4, 0.5) is 5.69 Å². The number of nitrogens with zero attached hydrogens (tertiary/aromatic N) is 2. The summed E-state index contributed by atoms with van der Waals surface area (Å²) in [7, 11) is -4.15. The SMILES string of the molecule is Cc1ccc(S(=O)(=O)N(CC(=O)N(Cc2cccc(Br)c2)[C@@H](Cc2ccccc2)C(=O)NC2CCCC2)c2ccccc2C)cc1. The van der Waals surface area contributed by atoms with Crippen molar-refractivity contribution in [2.75, 3.05) is 10.8 Å². The zero-order valence-corrected chi connectivity index (χ0v) is 28.6. The van der Waals surface area contributed by atoms with Gasteiger partial charge >= 0.3 is 0 Å². The number of nitrogens with one attached hydrogen (secondary N) is 1. The highest BCUT2D eigenvalue weighted by atomic mass is 79.9. The van der Waals surface area contributed by atoms with E-state index in [0.29, 0.717) is 11.3 Å². The molecule has 0 radical (unpaired) electrons. The van der Waals surface area contributed by atoms with E-state index in [-0.39, 0.29) is 29.8 Å². The van der Waals surface area contributed by atoms with Crippen LogP contribution in [0.2, 0.25) is 0 Å². The Balaban J connectivity index is 1.57. The third kappa shape index (κ3) is 8.25. The Bertz CT molecular complexity index is 1760. The second-order valence-electron chi connectivity index (χ2n) is 12.0. The fourth-order valence-corrected chi connectivity index (χ4v) is 7.87. The van der Waals surface area contributed by atoms with E-state index in [1.54, 1.807) is 41.3 Å². The summed E-state index contributed by atoms with van der Waals surface area (Å²) >= 11 is 3.53. The van der Waals surface area contributed by atoms with Crippen molar-refractivity contribution in [1.29, 1.82) is 0 Å². The van der Waals surface area contributed by atoms with E-state index in [1.807, 2.05) is 80.6 Å². The van der Waals surface area contributed by atoms with Crippen molar-refractivity contribution < 1.29 is 18.0 Å². The van der Waals surface area contributed by atoms with Gasteiger partial charge in [-0.2, -0.15) is 0 Å². The van der Waals surface area contributed by atoms with Crippen LogP contribution < -0.4 is 9.62 Å². The summed E-state index contributed by atoms with van der Waals surface area (Å²) in [4.78, 5) is 30.4. The zero-order valence-electron chi connectivity index (χ0n) is 26.2. The fraction of sp³-hybridized carbons (Fsp3) is 0.297. The number of aryl methyl sites for hydroxylation is 2. The van der Waals surface area contributed by atoms with E-state index in [9.17, 15) is 18.0 Å². The van der Waals surface area contributed by atoms with Gasteiger partial charge in [-0.3, -0.25) is 13.9 Å². The van der Waals surface area contributed by atoms with Gasteiger partial charge in [0.1, 0.15) is 12.6 Å². The van der Waals surface area contributed by atoms with Crippen LogP contribution in [0.1, 0.15) is 47.9 Å². The molecule has 5 rings (SSSR count). The fourth-order valence-electron chi connectivity index (χ4n) is 5.95. The Morgan fingerprint density at radius 3 is 2.17 bits per heavy atom. The van der Waals surface area contributed by atoms with Crippen molar-refractivity contribution in [3.63, 3.8) is 0 Å². The number of anilines is 1. The number of hydrogen-bond donors (Lipinski definition) is 1. The van der Waals surface area contributed by atoms with E-state index in [0.717, 1.165) is 46.8 Å². The number of hydrogen-bond acceptors (Lipinski definition) is 4. The highest BCUT2D eigenvalue weighted by Gasteiger charge is 2.36. The van der Waals surface area contributed by atoms with Crippen molar-refractivity contribution >= 4 is 43.5 Å². The van der Waals surface area contributed by atoms with E-state index in [1.165, 1.54) is 4.31 Å². The lowest BCUT2D eigenvalue weighted by atomic mass is 10.0. The summed E-state index contributed by atoms with van der Waals surface area (Å²) < 4.78 is 30.5. The molecule has 240 valence electrons. The van der Waals surface area contributed by atoms with Gasteiger partial charge in [0, 0.05) is 23.5 Å². The first-order valence-electron chi connectivity index (χ1n) is 15.6. The lowest BCUT2D eigenvalue weighted by molar-refractivity contribution is -0.140.